The summed E-state index contributed by atoms with van der Waals surface area (Å²) in [6.07, 6.45) is 1.90. The second-order valence-corrected chi connectivity index (χ2v) is 5.15. The zero-order valence-electron chi connectivity index (χ0n) is 10.9. The van der Waals surface area contributed by atoms with Gasteiger partial charge in [-0.05, 0) is 18.6 Å². The van der Waals surface area contributed by atoms with Gasteiger partial charge in [0.2, 0.25) is 0 Å². The van der Waals surface area contributed by atoms with E-state index in [9.17, 15) is 0 Å². The fourth-order valence-electron chi connectivity index (χ4n) is 2.46. The second kappa shape index (κ2) is 5.27. The first-order valence-electron chi connectivity index (χ1n) is 6.63. The van der Waals surface area contributed by atoms with Gasteiger partial charge in [0, 0.05) is 41.4 Å². The lowest BCUT2D eigenvalue weighted by molar-refractivity contribution is 0.618. The van der Waals surface area contributed by atoms with Crippen molar-refractivity contribution in [2.24, 2.45) is 0 Å². The maximum atomic E-state index is 6.05. The molecule has 2 heterocycles. The van der Waals surface area contributed by atoms with Gasteiger partial charge in [-0.25, -0.2) is 9.97 Å². The van der Waals surface area contributed by atoms with Crippen LogP contribution in [0.25, 0.3) is 11.4 Å². The first-order chi connectivity index (χ1) is 9.28. The Bertz CT molecular complexity index is 593. The first kappa shape index (κ1) is 12.6. The molecular formula is C15H16ClN3. The van der Waals surface area contributed by atoms with Gasteiger partial charge in [0.25, 0.3) is 0 Å². The molecule has 1 aliphatic rings. The molecule has 0 fully saturated rings. The SMILES string of the molecule is CCc1nc(-c2cccc(Cl)c2)nc2c1CNCC2. The molecule has 4 heteroatoms. The summed E-state index contributed by atoms with van der Waals surface area (Å²) in [6.45, 7) is 4.01. The Balaban J connectivity index is 2.12. The molecule has 0 radical (unpaired) electrons. The third-order valence-electron chi connectivity index (χ3n) is 3.44. The van der Waals surface area contributed by atoms with Crippen LogP contribution in [0.3, 0.4) is 0 Å². The number of aryl methyl sites for hydroxylation is 1. The lowest BCUT2D eigenvalue weighted by Crippen LogP contribution is -2.26. The fourth-order valence-corrected chi connectivity index (χ4v) is 2.65. The van der Waals surface area contributed by atoms with Crippen LogP contribution in [-0.2, 0) is 19.4 Å². The Kier molecular flexibility index (Phi) is 3.49. The highest BCUT2D eigenvalue weighted by atomic mass is 35.5. The van der Waals surface area contributed by atoms with Crippen molar-refractivity contribution >= 4 is 11.6 Å². The van der Waals surface area contributed by atoms with Gasteiger partial charge < -0.3 is 5.32 Å². The van der Waals surface area contributed by atoms with Crippen LogP contribution in [0.5, 0.6) is 0 Å². The van der Waals surface area contributed by atoms with E-state index >= 15 is 0 Å². The molecule has 0 unspecified atom stereocenters. The number of aromatic nitrogens is 2. The van der Waals surface area contributed by atoms with Gasteiger partial charge >= 0.3 is 0 Å². The summed E-state index contributed by atoms with van der Waals surface area (Å²) in [5.41, 5.74) is 4.59. The molecule has 0 aliphatic carbocycles. The summed E-state index contributed by atoms with van der Waals surface area (Å²) < 4.78 is 0. The zero-order chi connectivity index (χ0) is 13.2. The van der Waals surface area contributed by atoms with E-state index in [4.69, 9.17) is 21.6 Å². The first-order valence-corrected chi connectivity index (χ1v) is 7.01. The Morgan fingerprint density at radius 2 is 2.21 bits per heavy atom. The molecule has 3 nitrogen and oxygen atoms in total. The van der Waals surface area contributed by atoms with Crippen LogP contribution in [-0.4, -0.2) is 16.5 Å². The summed E-state index contributed by atoms with van der Waals surface area (Å²) in [7, 11) is 0. The van der Waals surface area contributed by atoms with Crippen molar-refractivity contribution in [2.75, 3.05) is 6.54 Å². The number of nitrogens with zero attached hydrogens (tertiary/aromatic N) is 2. The van der Waals surface area contributed by atoms with Crippen LogP contribution in [0.1, 0.15) is 23.9 Å². The summed E-state index contributed by atoms with van der Waals surface area (Å²) >= 11 is 6.05. The number of fused-ring (bicyclic) bond motifs is 1. The maximum Gasteiger partial charge on any atom is 0.159 e. The Morgan fingerprint density at radius 1 is 1.32 bits per heavy atom. The molecule has 0 bridgehead atoms. The lowest BCUT2D eigenvalue weighted by Gasteiger charge is -2.19. The third-order valence-corrected chi connectivity index (χ3v) is 3.67. The van der Waals surface area contributed by atoms with Crippen molar-refractivity contribution in [3.05, 3.63) is 46.2 Å². The van der Waals surface area contributed by atoms with E-state index in [-0.39, 0.29) is 0 Å². The van der Waals surface area contributed by atoms with Crippen LogP contribution in [0.15, 0.2) is 24.3 Å². The summed E-state index contributed by atoms with van der Waals surface area (Å²) in [6, 6.07) is 7.74. The van der Waals surface area contributed by atoms with E-state index < -0.39 is 0 Å². The van der Waals surface area contributed by atoms with Gasteiger partial charge in [0.05, 0.1) is 5.69 Å². The smallest absolute Gasteiger partial charge is 0.159 e. The molecule has 2 aromatic rings. The van der Waals surface area contributed by atoms with Crippen molar-refractivity contribution in [1.82, 2.24) is 15.3 Å². The van der Waals surface area contributed by atoms with Gasteiger partial charge in [0.1, 0.15) is 0 Å². The van der Waals surface area contributed by atoms with Crippen LogP contribution in [0.4, 0.5) is 0 Å². The van der Waals surface area contributed by atoms with Gasteiger partial charge in [-0.2, -0.15) is 0 Å². The van der Waals surface area contributed by atoms with E-state index in [1.165, 1.54) is 11.3 Å². The normalized spacial score (nSPS) is 14.2. The molecule has 3 rings (SSSR count). The molecule has 0 saturated heterocycles. The van der Waals surface area contributed by atoms with Crippen LogP contribution in [0, 0.1) is 0 Å². The minimum Gasteiger partial charge on any atom is -0.312 e. The van der Waals surface area contributed by atoms with Gasteiger partial charge in [0.15, 0.2) is 5.82 Å². The molecular weight excluding hydrogens is 258 g/mol. The van der Waals surface area contributed by atoms with Gasteiger partial charge in [-0.15, -0.1) is 0 Å². The second-order valence-electron chi connectivity index (χ2n) is 4.71. The predicted molar refractivity (Wildman–Crippen MR) is 77.3 cm³/mol. The van der Waals surface area contributed by atoms with Crippen molar-refractivity contribution in [3.8, 4) is 11.4 Å². The number of rotatable bonds is 2. The van der Waals surface area contributed by atoms with Crippen molar-refractivity contribution in [1.29, 1.82) is 0 Å². The number of halogens is 1. The van der Waals surface area contributed by atoms with E-state index in [0.29, 0.717) is 0 Å². The largest absolute Gasteiger partial charge is 0.312 e. The molecule has 0 atom stereocenters. The highest BCUT2D eigenvalue weighted by molar-refractivity contribution is 6.30. The van der Waals surface area contributed by atoms with Gasteiger partial charge in [-0.1, -0.05) is 30.7 Å². The highest BCUT2D eigenvalue weighted by Gasteiger charge is 2.17. The number of benzene rings is 1. The third kappa shape index (κ3) is 2.48. The minimum absolute atomic E-state index is 0.721. The number of hydrogen-bond donors (Lipinski definition) is 1. The lowest BCUT2D eigenvalue weighted by atomic mass is 10.0. The van der Waals surface area contributed by atoms with Crippen molar-refractivity contribution < 1.29 is 0 Å². The zero-order valence-corrected chi connectivity index (χ0v) is 11.7. The molecule has 1 N–H and O–H groups in total. The molecule has 98 valence electrons. The number of nitrogens with one attached hydrogen (secondary N) is 1. The van der Waals surface area contributed by atoms with E-state index in [1.54, 1.807) is 0 Å². The standard InChI is InChI=1S/C15H16ClN3/c1-2-13-12-9-17-7-6-14(12)19-15(18-13)10-4-3-5-11(16)8-10/h3-5,8,17H,2,6-7,9H2,1H3. The van der Waals surface area contributed by atoms with Crippen LogP contribution in [0.2, 0.25) is 5.02 Å². The van der Waals surface area contributed by atoms with Crippen LogP contribution < -0.4 is 5.32 Å². The summed E-state index contributed by atoms with van der Waals surface area (Å²) in [4.78, 5) is 9.43. The maximum absolute atomic E-state index is 6.05. The molecule has 1 aliphatic heterocycles. The van der Waals surface area contributed by atoms with E-state index in [2.05, 4.69) is 12.2 Å². The topological polar surface area (TPSA) is 37.8 Å². The Labute approximate surface area is 118 Å². The molecule has 19 heavy (non-hydrogen) atoms. The summed E-state index contributed by atoms with van der Waals surface area (Å²) in [5, 5.41) is 4.10. The fraction of sp³-hybridized carbons (Fsp3) is 0.333. The summed E-state index contributed by atoms with van der Waals surface area (Å²) in [5.74, 6) is 0.792. The monoisotopic (exact) mass is 273 g/mol. The van der Waals surface area contributed by atoms with Crippen molar-refractivity contribution in [2.45, 2.75) is 26.3 Å². The highest BCUT2D eigenvalue weighted by Crippen LogP contribution is 2.23. The van der Waals surface area contributed by atoms with Crippen LogP contribution >= 0.6 is 11.6 Å². The molecule has 1 aromatic carbocycles. The molecule has 0 saturated carbocycles. The Morgan fingerprint density at radius 3 is 3.00 bits per heavy atom. The Hall–Kier alpha value is -1.45. The van der Waals surface area contributed by atoms with Crippen molar-refractivity contribution in [3.63, 3.8) is 0 Å². The predicted octanol–water partition coefficient (Wildman–Crippen LogP) is 3.01. The molecule has 1 aromatic heterocycles. The average molecular weight is 274 g/mol. The number of hydrogen-bond acceptors (Lipinski definition) is 3. The van der Waals surface area contributed by atoms with E-state index in [1.807, 2.05) is 24.3 Å². The molecule has 0 amide bonds. The minimum atomic E-state index is 0.721. The van der Waals surface area contributed by atoms with E-state index in [0.717, 1.165) is 48.0 Å². The average Bonchev–Trinajstić information content (AvgIpc) is 2.46. The quantitative estimate of drug-likeness (QED) is 0.914. The van der Waals surface area contributed by atoms with Gasteiger partial charge in [-0.3, -0.25) is 0 Å². The molecule has 0 spiro atoms.